The maximum absolute atomic E-state index is 10.3. The van der Waals surface area contributed by atoms with Gasteiger partial charge in [0.1, 0.15) is 12.2 Å². The molecule has 5 nitrogen and oxygen atoms in total. The number of hydrogen-bond donors (Lipinski definition) is 1. The highest BCUT2D eigenvalue weighted by Crippen LogP contribution is 2.38. The van der Waals surface area contributed by atoms with Gasteiger partial charge < -0.3 is 9.67 Å². The van der Waals surface area contributed by atoms with Crippen LogP contribution < -0.4 is 0 Å². The highest BCUT2D eigenvalue weighted by atomic mass is 16.3. The molecule has 1 fully saturated rings. The van der Waals surface area contributed by atoms with Crippen LogP contribution in [0.25, 0.3) is 0 Å². The molecule has 1 aromatic heterocycles. The zero-order valence-electron chi connectivity index (χ0n) is 11.2. The van der Waals surface area contributed by atoms with Crippen molar-refractivity contribution in [3.05, 3.63) is 12.2 Å². The van der Waals surface area contributed by atoms with Crippen molar-refractivity contribution >= 4 is 0 Å². The summed E-state index contributed by atoms with van der Waals surface area (Å²) in [5, 5.41) is 18.4. The molecule has 3 rings (SSSR count). The Bertz CT molecular complexity index is 428. The summed E-state index contributed by atoms with van der Waals surface area (Å²) in [6.45, 7) is 7.35. The first-order valence-corrected chi connectivity index (χ1v) is 6.84. The molecule has 1 N–H and O–H groups in total. The Morgan fingerprint density at radius 1 is 1.39 bits per heavy atom. The van der Waals surface area contributed by atoms with Gasteiger partial charge in [-0.1, -0.05) is 13.8 Å². The number of aliphatic hydroxyl groups excluding tert-OH is 1. The van der Waals surface area contributed by atoms with Crippen LogP contribution in [-0.4, -0.2) is 43.5 Å². The number of aliphatic hydroxyl groups is 1. The fourth-order valence-electron chi connectivity index (χ4n) is 3.28. The third-order valence-electron chi connectivity index (χ3n) is 4.46. The molecule has 1 aliphatic heterocycles. The second-order valence-corrected chi connectivity index (χ2v) is 6.45. The van der Waals surface area contributed by atoms with E-state index in [9.17, 15) is 5.11 Å². The molecule has 0 radical (unpaired) electrons. The van der Waals surface area contributed by atoms with E-state index in [0.29, 0.717) is 5.41 Å². The topological polar surface area (TPSA) is 54.2 Å². The zero-order valence-corrected chi connectivity index (χ0v) is 11.2. The van der Waals surface area contributed by atoms with Crippen molar-refractivity contribution in [2.24, 2.45) is 5.41 Å². The Morgan fingerprint density at radius 2 is 2.22 bits per heavy atom. The van der Waals surface area contributed by atoms with Crippen molar-refractivity contribution in [1.82, 2.24) is 19.7 Å². The maximum Gasteiger partial charge on any atom is 0.147 e. The van der Waals surface area contributed by atoms with Crippen LogP contribution in [0.5, 0.6) is 0 Å². The van der Waals surface area contributed by atoms with E-state index in [4.69, 9.17) is 0 Å². The van der Waals surface area contributed by atoms with Gasteiger partial charge in [0.2, 0.25) is 0 Å². The van der Waals surface area contributed by atoms with Gasteiger partial charge in [-0.2, -0.15) is 0 Å². The normalized spacial score (nSPS) is 32.2. The fourth-order valence-corrected chi connectivity index (χ4v) is 3.28. The van der Waals surface area contributed by atoms with Crippen molar-refractivity contribution in [2.45, 2.75) is 58.3 Å². The first-order chi connectivity index (χ1) is 8.55. The van der Waals surface area contributed by atoms with Gasteiger partial charge in [0.15, 0.2) is 0 Å². The van der Waals surface area contributed by atoms with Gasteiger partial charge >= 0.3 is 0 Å². The minimum atomic E-state index is -0.188. The van der Waals surface area contributed by atoms with E-state index in [2.05, 4.69) is 33.5 Å². The molecule has 2 unspecified atom stereocenters. The second-order valence-electron chi connectivity index (χ2n) is 6.45. The predicted molar refractivity (Wildman–Crippen MR) is 67.9 cm³/mol. The van der Waals surface area contributed by atoms with Crippen LogP contribution in [0.4, 0.5) is 0 Å². The average molecular weight is 250 g/mol. The Kier molecular flexibility index (Phi) is 2.90. The number of nitrogens with zero attached hydrogens (tertiary/aromatic N) is 4. The third-order valence-corrected chi connectivity index (χ3v) is 4.46. The van der Waals surface area contributed by atoms with E-state index in [1.165, 1.54) is 0 Å². The monoisotopic (exact) mass is 250 g/mol. The molecular formula is C13H22N4O. The summed E-state index contributed by atoms with van der Waals surface area (Å²) in [6, 6.07) is 0.277. The Hall–Kier alpha value is -0.940. The number of fused-ring (bicyclic) bond motifs is 1. The SMILES string of the molecule is CC1(C)CCC(O)C(N2CCn3cnnc3C2)C1. The van der Waals surface area contributed by atoms with Crippen molar-refractivity contribution in [2.75, 3.05) is 6.54 Å². The largest absolute Gasteiger partial charge is 0.391 e. The molecule has 5 heteroatoms. The summed E-state index contributed by atoms with van der Waals surface area (Å²) in [6.07, 6.45) is 4.72. The minimum absolute atomic E-state index is 0.188. The number of aromatic nitrogens is 3. The van der Waals surface area contributed by atoms with Crippen LogP contribution in [0.1, 0.15) is 38.9 Å². The third kappa shape index (κ3) is 2.17. The van der Waals surface area contributed by atoms with E-state index >= 15 is 0 Å². The Morgan fingerprint density at radius 3 is 3.06 bits per heavy atom. The summed E-state index contributed by atoms with van der Waals surface area (Å²) in [4.78, 5) is 2.38. The fraction of sp³-hybridized carbons (Fsp3) is 0.846. The molecule has 0 spiro atoms. The lowest BCUT2D eigenvalue weighted by Gasteiger charge is -2.45. The van der Waals surface area contributed by atoms with E-state index in [-0.39, 0.29) is 12.1 Å². The summed E-state index contributed by atoms with van der Waals surface area (Å²) in [7, 11) is 0. The lowest BCUT2D eigenvalue weighted by atomic mass is 9.73. The van der Waals surface area contributed by atoms with E-state index in [0.717, 1.165) is 44.7 Å². The van der Waals surface area contributed by atoms with Crippen LogP contribution in [-0.2, 0) is 13.1 Å². The molecule has 0 bridgehead atoms. The molecule has 2 aliphatic rings. The van der Waals surface area contributed by atoms with Crippen LogP contribution >= 0.6 is 0 Å². The predicted octanol–water partition coefficient (Wildman–Crippen LogP) is 1.03. The van der Waals surface area contributed by atoms with Gasteiger partial charge in [-0.25, -0.2) is 0 Å². The molecular weight excluding hydrogens is 228 g/mol. The first-order valence-electron chi connectivity index (χ1n) is 6.84. The molecule has 0 amide bonds. The molecule has 0 saturated heterocycles. The van der Waals surface area contributed by atoms with Crippen LogP contribution in [0.2, 0.25) is 0 Å². The standard InChI is InChI=1S/C13H22N4O/c1-13(2)4-3-11(18)10(7-13)16-5-6-17-9-14-15-12(17)8-16/h9-11,18H,3-8H2,1-2H3. The molecule has 0 aromatic carbocycles. The molecule has 1 aromatic rings. The minimum Gasteiger partial charge on any atom is -0.391 e. The Balaban J connectivity index is 1.75. The van der Waals surface area contributed by atoms with E-state index in [1.54, 1.807) is 6.33 Å². The average Bonchev–Trinajstić information content (AvgIpc) is 2.79. The molecule has 2 atom stereocenters. The second kappa shape index (κ2) is 4.31. The first kappa shape index (κ1) is 12.1. The van der Waals surface area contributed by atoms with Crippen molar-refractivity contribution in [3.8, 4) is 0 Å². The highest BCUT2D eigenvalue weighted by Gasteiger charge is 2.38. The van der Waals surface area contributed by atoms with Crippen molar-refractivity contribution in [3.63, 3.8) is 0 Å². The molecule has 1 saturated carbocycles. The lowest BCUT2D eigenvalue weighted by molar-refractivity contribution is -0.0276. The van der Waals surface area contributed by atoms with Crippen LogP contribution in [0.15, 0.2) is 6.33 Å². The number of hydrogen-bond acceptors (Lipinski definition) is 4. The summed E-state index contributed by atoms with van der Waals surface area (Å²) >= 11 is 0. The van der Waals surface area contributed by atoms with Gasteiger partial charge in [0.25, 0.3) is 0 Å². The van der Waals surface area contributed by atoms with Gasteiger partial charge in [-0.15, -0.1) is 10.2 Å². The number of rotatable bonds is 1. The van der Waals surface area contributed by atoms with Crippen molar-refractivity contribution in [1.29, 1.82) is 0 Å². The molecule has 18 heavy (non-hydrogen) atoms. The Labute approximate surface area is 108 Å². The molecule has 2 heterocycles. The zero-order chi connectivity index (χ0) is 12.8. The van der Waals surface area contributed by atoms with E-state index < -0.39 is 0 Å². The lowest BCUT2D eigenvalue weighted by Crippen LogP contribution is -2.51. The van der Waals surface area contributed by atoms with E-state index in [1.807, 2.05) is 0 Å². The van der Waals surface area contributed by atoms with Crippen molar-refractivity contribution < 1.29 is 5.11 Å². The molecule has 100 valence electrons. The van der Waals surface area contributed by atoms with Gasteiger partial charge in [0.05, 0.1) is 12.6 Å². The summed E-state index contributed by atoms with van der Waals surface area (Å²) < 4.78 is 2.11. The maximum atomic E-state index is 10.3. The summed E-state index contributed by atoms with van der Waals surface area (Å²) in [5.74, 6) is 1.02. The van der Waals surface area contributed by atoms with Gasteiger partial charge in [-0.3, -0.25) is 4.90 Å². The van der Waals surface area contributed by atoms with Gasteiger partial charge in [-0.05, 0) is 24.7 Å². The quantitative estimate of drug-likeness (QED) is 0.809. The highest BCUT2D eigenvalue weighted by molar-refractivity contribution is 4.96. The van der Waals surface area contributed by atoms with Gasteiger partial charge in [0, 0.05) is 19.1 Å². The summed E-state index contributed by atoms with van der Waals surface area (Å²) in [5.41, 5.74) is 0.342. The van der Waals surface area contributed by atoms with Crippen LogP contribution in [0.3, 0.4) is 0 Å². The smallest absolute Gasteiger partial charge is 0.147 e. The molecule has 1 aliphatic carbocycles. The van der Waals surface area contributed by atoms with Crippen LogP contribution in [0, 0.1) is 5.41 Å².